The normalized spacial score (nSPS) is 12.5. The molecule has 0 aliphatic carbocycles. The lowest BCUT2D eigenvalue weighted by Crippen LogP contribution is -2.13. The molecule has 1 heterocycles. The van der Waals surface area contributed by atoms with E-state index in [-0.39, 0.29) is 6.04 Å². The second-order valence-corrected chi connectivity index (χ2v) is 6.02. The number of methoxy groups -OCH3 is 1. The predicted octanol–water partition coefficient (Wildman–Crippen LogP) is 3.43. The third-order valence-electron chi connectivity index (χ3n) is 3.47. The van der Waals surface area contributed by atoms with E-state index in [0.29, 0.717) is 0 Å². The number of aromatic nitrogens is 1. The molecule has 2 rings (SSSR count). The first kappa shape index (κ1) is 14.0. The van der Waals surface area contributed by atoms with E-state index in [1.165, 1.54) is 5.56 Å². The fourth-order valence-electron chi connectivity index (χ4n) is 2.30. The van der Waals surface area contributed by atoms with Gasteiger partial charge in [-0.1, -0.05) is 12.1 Å². The zero-order chi connectivity index (χ0) is 14.2. The van der Waals surface area contributed by atoms with Crippen molar-refractivity contribution in [3.63, 3.8) is 0 Å². The van der Waals surface area contributed by atoms with Gasteiger partial charge in [-0.25, -0.2) is 4.98 Å². The van der Waals surface area contributed by atoms with Crippen LogP contribution in [0.1, 0.15) is 38.3 Å². The summed E-state index contributed by atoms with van der Waals surface area (Å²) in [5, 5.41) is 1.05. The molecule has 1 aromatic heterocycles. The van der Waals surface area contributed by atoms with Crippen LogP contribution in [0.4, 0.5) is 0 Å². The van der Waals surface area contributed by atoms with Gasteiger partial charge in [0.15, 0.2) is 0 Å². The Labute approximate surface area is 118 Å². The summed E-state index contributed by atoms with van der Waals surface area (Å²) in [6.07, 6.45) is 0. The Balaban J connectivity index is 2.53. The minimum absolute atomic E-state index is 0.180. The van der Waals surface area contributed by atoms with Crippen molar-refractivity contribution in [1.82, 2.24) is 4.98 Å². The van der Waals surface area contributed by atoms with Crippen LogP contribution in [0.25, 0.3) is 0 Å². The van der Waals surface area contributed by atoms with Gasteiger partial charge in [0, 0.05) is 10.4 Å². The molecule has 0 aliphatic rings. The Bertz CT molecular complexity index is 604. The molecule has 0 saturated heterocycles. The maximum absolute atomic E-state index is 6.42. The highest BCUT2D eigenvalue weighted by atomic mass is 32.1. The molecule has 102 valence electrons. The molecule has 0 fully saturated rings. The van der Waals surface area contributed by atoms with E-state index < -0.39 is 0 Å². The smallest absolute Gasteiger partial charge is 0.127 e. The molecule has 3 nitrogen and oxygen atoms in total. The second-order valence-electron chi connectivity index (χ2n) is 4.79. The summed E-state index contributed by atoms with van der Waals surface area (Å²) in [6.45, 7) is 8.15. The quantitative estimate of drug-likeness (QED) is 0.934. The van der Waals surface area contributed by atoms with E-state index in [1.54, 1.807) is 18.4 Å². The van der Waals surface area contributed by atoms with Crippen LogP contribution >= 0.6 is 11.3 Å². The van der Waals surface area contributed by atoms with Crippen molar-refractivity contribution in [3.8, 4) is 5.75 Å². The van der Waals surface area contributed by atoms with Crippen molar-refractivity contribution in [2.75, 3.05) is 7.11 Å². The molecule has 0 bridgehead atoms. The molecule has 2 aromatic rings. The first-order valence-electron chi connectivity index (χ1n) is 6.29. The molecule has 0 radical (unpaired) electrons. The van der Waals surface area contributed by atoms with Crippen molar-refractivity contribution in [1.29, 1.82) is 0 Å². The molecule has 0 aliphatic heterocycles. The Morgan fingerprint density at radius 3 is 2.42 bits per heavy atom. The Morgan fingerprint density at radius 1 is 1.21 bits per heavy atom. The van der Waals surface area contributed by atoms with Crippen molar-refractivity contribution >= 4 is 11.3 Å². The zero-order valence-electron chi connectivity index (χ0n) is 12.1. The Morgan fingerprint density at radius 2 is 1.89 bits per heavy atom. The third kappa shape index (κ3) is 2.51. The number of ether oxygens (including phenoxy) is 1. The van der Waals surface area contributed by atoms with Gasteiger partial charge in [0.1, 0.15) is 5.75 Å². The minimum atomic E-state index is -0.180. The van der Waals surface area contributed by atoms with E-state index in [1.807, 2.05) is 13.8 Å². The van der Waals surface area contributed by atoms with Crippen LogP contribution in [0.5, 0.6) is 5.75 Å². The number of thiazole rings is 1. The highest BCUT2D eigenvalue weighted by Gasteiger charge is 2.20. The average Bonchev–Trinajstić information content (AvgIpc) is 2.71. The molecule has 2 N–H and O–H groups in total. The van der Waals surface area contributed by atoms with Gasteiger partial charge in [0.25, 0.3) is 0 Å². The van der Waals surface area contributed by atoms with E-state index in [0.717, 1.165) is 32.5 Å². The van der Waals surface area contributed by atoms with E-state index >= 15 is 0 Å². The lowest BCUT2D eigenvalue weighted by Gasteiger charge is -2.18. The maximum atomic E-state index is 6.42. The summed E-state index contributed by atoms with van der Waals surface area (Å²) in [6, 6.07) is 3.97. The number of benzene rings is 1. The van der Waals surface area contributed by atoms with Crippen LogP contribution in [0, 0.1) is 27.7 Å². The summed E-state index contributed by atoms with van der Waals surface area (Å²) in [7, 11) is 1.70. The monoisotopic (exact) mass is 276 g/mol. The Kier molecular flexibility index (Phi) is 3.92. The van der Waals surface area contributed by atoms with Gasteiger partial charge in [-0.05, 0) is 38.8 Å². The number of nitrogens with zero attached hydrogens (tertiary/aromatic N) is 1. The summed E-state index contributed by atoms with van der Waals surface area (Å²) in [5.74, 6) is 0.887. The highest BCUT2D eigenvalue weighted by molar-refractivity contribution is 7.11. The number of hydrogen-bond donors (Lipinski definition) is 1. The van der Waals surface area contributed by atoms with Gasteiger partial charge >= 0.3 is 0 Å². The van der Waals surface area contributed by atoms with Crippen molar-refractivity contribution in [3.05, 3.63) is 44.4 Å². The second kappa shape index (κ2) is 5.31. The predicted molar refractivity (Wildman–Crippen MR) is 80.1 cm³/mol. The summed E-state index contributed by atoms with van der Waals surface area (Å²) < 4.78 is 5.55. The summed E-state index contributed by atoms with van der Waals surface area (Å²) >= 11 is 1.65. The van der Waals surface area contributed by atoms with Crippen LogP contribution in [-0.2, 0) is 0 Å². The van der Waals surface area contributed by atoms with E-state index in [4.69, 9.17) is 10.5 Å². The van der Waals surface area contributed by atoms with Gasteiger partial charge in [-0.2, -0.15) is 0 Å². The average molecular weight is 276 g/mol. The number of nitrogens with two attached hydrogens (primary N) is 1. The Hall–Kier alpha value is -1.39. The van der Waals surface area contributed by atoms with Crippen LogP contribution in [-0.4, -0.2) is 12.1 Å². The molecule has 0 saturated carbocycles. The largest absolute Gasteiger partial charge is 0.496 e. The molecule has 1 aromatic carbocycles. The topological polar surface area (TPSA) is 48.1 Å². The fraction of sp³-hybridized carbons (Fsp3) is 0.400. The number of rotatable bonds is 3. The van der Waals surface area contributed by atoms with Gasteiger partial charge in [0.2, 0.25) is 0 Å². The van der Waals surface area contributed by atoms with Crippen LogP contribution in [0.3, 0.4) is 0 Å². The zero-order valence-corrected chi connectivity index (χ0v) is 12.9. The molecule has 19 heavy (non-hydrogen) atoms. The lowest BCUT2D eigenvalue weighted by molar-refractivity contribution is 0.404. The van der Waals surface area contributed by atoms with Crippen molar-refractivity contribution in [2.24, 2.45) is 5.73 Å². The molecule has 4 heteroatoms. The van der Waals surface area contributed by atoms with Gasteiger partial charge in [-0.15, -0.1) is 11.3 Å². The molecule has 0 spiro atoms. The van der Waals surface area contributed by atoms with Crippen LogP contribution < -0.4 is 10.5 Å². The number of hydrogen-bond acceptors (Lipinski definition) is 4. The maximum Gasteiger partial charge on any atom is 0.127 e. The SMILES string of the molecule is COc1c(C(N)c2sc(C)nc2C)ccc(C)c1C. The van der Waals surface area contributed by atoms with E-state index in [9.17, 15) is 0 Å². The molecule has 1 unspecified atom stereocenters. The number of aryl methyl sites for hydroxylation is 3. The van der Waals surface area contributed by atoms with Crippen LogP contribution in [0.15, 0.2) is 12.1 Å². The summed E-state index contributed by atoms with van der Waals surface area (Å²) in [5.41, 5.74) is 10.8. The molecule has 0 amide bonds. The third-order valence-corrected chi connectivity index (χ3v) is 4.62. The first-order chi connectivity index (χ1) is 8.95. The van der Waals surface area contributed by atoms with E-state index in [2.05, 4.69) is 31.0 Å². The fourth-order valence-corrected chi connectivity index (χ4v) is 3.25. The standard InChI is InChI=1S/C15H20N2OS/c1-8-6-7-12(14(18-5)9(8)2)13(16)15-10(3)17-11(4)19-15/h6-7,13H,16H2,1-5H3. The van der Waals surface area contributed by atoms with Gasteiger partial charge < -0.3 is 10.5 Å². The first-order valence-corrected chi connectivity index (χ1v) is 7.11. The minimum Gasteiger partial charge on any atom is -0.496 e. The van der Waals surface area contributed by atoms with Crippen LogP contribution in [0.2, 0.25) is 0 Å². The molecular formula is C15H20N2OS. The highest BCUT2D eigenvalue weighted by Crippen LogP contribution is 2.35. The van der Waals surface area contributed by atoms with Crippen molar-refractivity contribution in [2.45, 2.75) is 33.7 Å². The molecular weight excluding hydrogens is 256 g/mol. The molecule has 1 atom stereocenters. The van der Waals surface area contributed by atoms with Gasteiger partial charge in [0.05, 0.1) is 23.9 Å². The van der Waals surface area contributed by atoms with Crippen molar-refractivity contribution < 1.29 is 4.74 Å². The lowest BCUT2D eigenvalue weighted by atomic mass is 9.98. The van der Waals surface area contributed by atoms with Gasteiger partial charge in [-0.3, -0.25) is 0 Å². The summed E-state index contributed by atoms with van der Waals surface area (Å²) in [4.78, 5) is 5.56.